The number of hydrogen-bond acceptors (Lipinski definition) is 4. The van der Waals surface area contributed by atoms with E-state index in [1.165, 1.54) is 12.8 Å². The van der Waals surface area contributed by atoms with E-state index in [-0.39, 0.29) is 0 Å². The fraction of sp³-hybridized carbons (Fsp3) is 0.375. The van der Waals surface area contributed by atoms with Crippen LogP contribution in [0.2, 0.25) is 0 Å². The predicted octanol–water partition coefficient (Wildman–Crippen LogP) is 4.22. The zero-order valence-electron chi connectivity index (χ0n) is 12.1. The smallest absolute Gasteiger partial charge is 0.229 e. The van der Waals surface area contributed by atoms with Crippen LogP contribution in [0.15, 0.2) is 41.0 Å². The van der Waals surface area contributed by atoms with Crippen molar-refractivity contribution in [3.05, 3.63) is 41.0 Å². The van der Waals surface area contributed by atoms with Crippen LogP contribution in [0.5, 0.6) is 0 Å². The fourth-order valence-corrected chi connectivity index (χ4v) is 2.92. The lowest BCUT2D eigenvalue weighted by atomic mass is 9.99. The van der Waals surface area contributed by atoms with E-state index in [1.54, 1.807) is 0 Å². The van der Waals surface area contributed by atoms with E-state index in [2.05, 4.69) is 43.0 Å². The van der Waals surface area contributed by atoms with E-state index in [0.717, 1.165) is 35.0 Å². The van der Waals surface area contributed by atoms with Gasteiger partial charge in [-0.2, -0.15) is 4.98 Å². The number of piperidine rings is 1. The molecule has 0 saturated carbocycles. The van der Waals surface area contributed by atoms with Gasteiger partial charge in [-0.1, -0.05) is 28.9 Å². The van der Waals surface area contributed by atoms with Gasteiger partial charge in [0, 0.05) is 29.4 Å². The highest BCUT2D eigenvalue weighted by molar-refractivity contribution is 9.10. The zero-order valence-corrected chi connectivity index (χ0v) is 13.7. The Morgan fingerprint density at radius 1 is 1.24 bits per heavy atom. The zero-order chi connectivity index (χ0) is 14.7. The molecule has 1 saturated heterocycles. The largest absolute Gasteiger partial charge is 0.356 e. The van der Waals surface area contributed by atoms with Gasteiger partial charge in [-0.05, 0) is 43.0 Å². The van der Waals surface area contributed by atoms with Gasteiger partial charge in [0.15, 0.2) is 0 Å². The van der Waals surface area contributed by atoms with Crippen LogP contribution in [0.25, 0.3) is 0 Å². The standard InChI is InChI=1S/C16H19BrN4/c1-12-6-9-21(10-7-12)15-5-8-18-16(20-15)19-14-4-2-3-13(17)11-14/h2-5,8,11-12H,6-7,9-10H2,1H3,(H,18,19,20). The predicted molar refractivity (Wildman–Crippen MR) is 90.1 cm³/mol. The van der Waals surface area contributed by atoms with Crippen molar-refractivity contribution in [2.24, 2.45) is 5.92 Å². The van der Waals surface area contributed by atoms with E-state index in [9.17, 15) is 0 Å². The maximum absolute atomic E-state index is 4.63. The van der Waals surface area contributed by atoms with Crippen LogP contribution in [0.4, 0.5) is 17.5 Å². The molecule has 5 heteroatoms. The number of anilines is 3. The Balaban J connectivity index is 1.74. The molecular weight excluding hydrogens is 328 g/mol. The Hall–Kier alpha value is -1.62. The first-order valence-electron chi connectivity index (χ1n) is 7.31. The van der Waals surface area contributed by atoms with Crippen LogP contribution in [0.1, 0.15) is 19.8 Å². The van der Waals surface area contributed by atoms with Crippen molar-refractivity contribution in [2.75, 3.05) is 23.3 Å². The van der Waals surface area contributed by atoms with Gasteiger partial charge in [-0.25, -0.2) is 4.98 Å². The molecule has 0 unspecified atom stereocenters. The molecule has 1 aliphatic heterocycles. The van der Waals surface area contributed by atoms with Crippen molar-refractivity contribution in [2.45, 2.75) is 19.8 Å². The minimum Gasteiger partial charge on any atom is -0.356 e. The Morgan fingerprint density at radius 3 is 2.81 bits per heavy atom. The van der Waals surface area contributed by atoms with Crippen LogP contribution < -0.4 is 10.2 Å². The number of rotatable bonds is 3. The molecule has 1 aromatic heterocycles. The second kappa shape index (κ2) is 6.43. The summed E-state index contributed by atoms with van der Waals surface area (Å²) in [6.07, 6.45) is 4.29. The summed E-state index contributed by atoms with van der Waals surface area (Å²) in [5.74, 6) is 2.47. The molecular formula is C16H19BrN4. The molecule has 2 heterocycles. The lowest BCUT2D eigenvalue weighted by Gasteiger charge is -2.31. The minimum absolute atomic E-state index is 0.643. The molecule has 21 heavy (non-hydrogen) atoms. The van der Waals surface area contributed by atoms with Crippen molar-refractivity contribution < 1.29 is 0 Å². The normalized spacial score (nSPS) is 16.0. The second-order valence-electron chi connectivity index (χ2n) is 5.54. The van der Waals surface area contributed by atoms with Gasteiger partial charge in [0.25, 0.3) is 0 Å². The summed E-state index contributed by atoms with van der Waals surface area (Å²) in [5, 5.41) is 3.25. The third-order valence-corrected chi connectivity index (χ3v) is 4.32. The van der Waals surface area contributed by atoms with Gasteiger partial charge in [-0.15, -0.1) is 0 Å². The molecule has 1 fully saturated rings. The Labute approximate surface area is 133 Å². The van der Waals surface area contributed by atoms with Crippen LogP contribution in [0, 0.1) is 5.92 Å². The second-order valence-corrected chi connectivity index (χ2v) is 6.46. The summed E-state index contributed by atoms with van der Waals surface area (Å²) in [7, 11) is 0. The molecule has 4 nitrogen and oxygen atoms in total. The molecule has 2 aromatic rings. The number of benzene rings is 1. The molecule has 3 rings (SSSR count). The van der Waals surface area contributed by atoms with Gasteiger partial charge in [0.1, 0.15) is 5.82 Å². The van der Waals surface area contributed by atoms with Crippen LogP contribution in [0.3, 0.4) is 0 Å². The molecule has 0 bridgehead atoms. The Kier molecular flexibility index (Phi) is 4.39. The van der Waals surface area contributed by atoms with Crippen LogP contribution in [-0.4, -0.2) is 23.1 Å². The highest BCUT2D eigenvalue weighted by atomic mass is 79.9. The van der Waals surface area contributed by atoms with Crippen molar-refractivity contribution in [1.29, 1.82) is 0 Å². The van der Waals surface area contributed by atoms with Gasteiger partial charge in [0.2, 0.25) is 5.95 Å². The monoisotopic (exact) mass is 346 g/mol. The summed E-state index contributed by atoms with van der Waals surface area (Å²) in [4.78, 5) is 11.3. The van der Waals surface area contributed by atoms with Gasteiger partial charge in [-0.3, -0.25) is 0 Å². The van der Waals surface area contributed by atoms with Crippen molar-refractivity contribution in [3.63, 3.8) is 0 Å². The molecule has 1 N–H and O–H groups in total. The summed E-state index contributed by atoms with van der Waals surface area (Å²) < 4.78 is 1.04. The highest BCUT2D eigenvalue weighted by Gasteiger charge is 2.17. The Bertz CT molecular complexity index is 609. The van der Waals surface area contributed by atoms with E-state index in [0.29, 0.717) is 5.95 Å². The summed E-state index contributed by atoms with van der Waals surface area (Å²) in [6.45, 7) is 4.47. The molecule has 0 spiro atoms. The minimum atomic E-state index is 0.643. The number of aromatic nitrogens is 2. The number of halogens is 1. The van der Waals surface area contributed by atoms with Gasteiger partial charge >= 0.3 is 0 Å². The number of nitrogens with one attached hydrogen (secondary N) is 1. The average Bonchev–Trinajstić information content (AvgIpc) is 2.48. The Morgan fingerprint density at radius 2 is 2.05 bits per heavy atom. The quantitative estimate of drug-likeness (QED) is 0.903. The van der Waals surface area contributed by atoms with Crippen LogP contribution in [-0.2, 0) is 0 Å². The van der Waals surface area contributed by atoms with E-state index in [4.69, 9.17) is 0 Å². The molecule has 1 aromatic carbocycles. The fourth-order valence-electron chi connectivity index (χ4n) is 2.52. The SMILES string of the molecule is CC1CCN(c2ccnc(Nc3cccc(Br)c3)n2)CC1. The molecule has 0 radical (unpaired) electrons. The average molecular weight is 347 g/mol. The summed E-state index contributed by atoms with van der Waals surface area (Å²) in [6, 6.07) is 9.99. The molecule has 0 amide bonds. The number of hydrogen-bond donors (Lipinski definition) is 1. The lowest BCUT2D eigenvalue weighted by Crippen LogP contribution is -2.33. The van der Waals surface area contributed by atoms with Crippen molar-refractivity contribution in [3.8, 4) is 0 Å². The molecule has 110 valence electrons. The highest BCUT2D eigenvalue weighted by Crippen LogP contribution is 2.23. The third kappa shape index (κ3) is 3.73. The van der Waals surface area contributed by atoms with Crippen LogP contribution >= 0.6 is 15.9 Å². The summed E-state index contributed by atoms with van der Waals surface area (Å²) in [5.41, 5.74) is 0.980. The molecule has 0 aliphatic carbocycles. The van der Waals surface area contributed by atoms with Crippen molar-refractivity contribution >= 4 is 33.4 Å². The topological polar surface area (TPSA) is 41.1 Å². The third-order valence-electron chi connectivity index (χ3n) is 3.83. The van der Waals surface area contributed by atoms with Crippen molar-refractivity contribution in [1.82, 2.24) is 9.97 Å². The molecule has 0 atom stereocenters. The maximum atomic E-state index is 4.63. The molecule has 1 aliphatic rings. The van der Waals surface area contributed by atoms with Gasteiger partial charge < -0.3 is 10.2 Å². The lowest BCUT2D eigenvalue weighted by molar-refractivity contribution is 0.436. The first-order chi connectivity index (χ1) is 10.2. The number of nitrogens with zero attached hydrogens (tertiary/aromatic N) is 3. The first kappa shape index (κ1) is 14.3. The summed E-state index contributed by atoms with van der Waals surface area (Å²) >= 11 is 3.47. The van der Waals surface area contributed by atoms with E-state index < -0.39 is 0 Å². The first-order valence-corrected chi connectivity index (χ1v) is 8.10. The van der Waals surface area contributed by atoms with E-state index >= 15 is 0 Å². The van der Waals surface area contributed by atoms with E-state index in [1.807, 2.05) is 36.5 Å². The van der Waals surface area contributed by atoms with Gasteiger partial charge in [0.05, 0.1) is 0 Å². The maximum Gasteiger partial charge on any atom is 0.229 e.